The van der Waals surface area contributed by atoms with Crippen molar-refractivity contribution in [1.82, 2.24) is 5.32 Å². The highest BCUT2D eigenvalue weighted by molar-refractivity contribution is 9.10. The second-order valence-corrected chi connectivity index (χ2v) is 7.03. The van der Waals surface area contributed by atoms with Gasteiger partial charge in [-0.25, -0.2) is 0 Å². The van der Waals surface area contributed by atoms with Crippen molar-refractivity contribution in [2.24, 2.45) is 0 Å². The van der Waals surface area contributed by atoms with Crippen LogP contribution in [-0.2, 0) is 22.4 Å². The molecule has 2 aromatic carbocycles. The standard InChI is InChI=1S/C20H18BrNO4/c21-17-8-6-14(7-9-17)20(25)22-11-19(24)26-12-18(23)16-5-4-13-2-1-3-15(13)10-16/h4-10H,1-3,11-12H2,(H,22,25). The molecule has 0 spiro atoms. The topological polar surface area (TPSA) is 72.5 Å². The molecule has 0 bridgehead atoms. The molecule has 1 aliphatic rings. The Bertz CT molecular complexity index is 845. The molecule has 2 aromatic rings. The van der Waals surface area contributed by atoms with Gasteiger partial charge in [-0.15, -0.1) is 0 Å². The van der Waals surface area contributed by atoms with E-state index < -0.39 is 5.97 Å². The minimum Gasteiger partial charge on any atom is -0.456 e. The normalized spacial score (nSPS) is 12.3. The molecule has 0 aromatic heterocycles. The van der Waals surface area contributed by atoms with Gasteiger partial charge in [0.15, 0.2) is 12.4 Å². The Morgan fingerprint density at radius 2 is 1.65 bits per heavy atom. The number of rotatable bonds is 6. The molecule has 0 atom stereocenters. The Morgan fingerprint density at radius 1 is 0.962 bits per heavy atom. The lowest BCUT2D eigenvalue weighted by Crippen LogP contribution is -2.31. The number of halogens is 1. The molecule has 0 saturated carbocycles. The van der Waals surface area contributed by atoms with Gasteiger partial charge >= 0.3 is 5.97 Å². The summed E-state index contributed by atoms with van der Waals surface area (Å²) in [4.78, 5) is 35.9. The first-order chi connectivity index (χ1) is 12.5. The van der Waals surface area contributed by atoms with Crippen molar-refractivity contribution in [3.63, 3.8) is 0 Å². The van der Waals surface area contributed by atoms with Gasteiger partial charge in [0.25, 0.3) is 5.91 Å². The molecule has 3 rings (SSSR count). The number of carbonyl (C=O) groups is 3. The Kier molecular flexibility index (Phi) is 5.83. The monoisotopic (exact) mass is 415 g/mol. The Balaban J connectivity index is 1.45. The molecule has 0 fully saturated rings. The fraction of sp³-hybridized carbons (Fsp3) is 0.250. The summed E-state index contributed by atoms with van der Waals surface area (Å²) in [7, 11) is 0. The highest BCUT2D eigenvalue weighted by Gasteiger charge is 2.15. The zero-order valence-electron chi connectivity index (χ0n) is 14.1. The smallest absolute Gasteiger partial charge is 0.325 e. The third-order valence-electron chi connectivity index (χ3n) is 4.28. The Labute approximate surface area is 159 Å². The quantitative estimate of drug-likeness (QED) is 0.581. The molecule has 1 amide bonds. The van der Waals surface area contributed by atoms with Gasteiger partial charge in [-0.05, 0) is 60.7 Å². The number of hydrogen-bond donors (Lipinski definition) is 1. The van der Waals surface area contributed by atoms with Crippen LogP contribution in [0.4, 0.5) is 0 Å². The molecule has 5 nitrogen and oxygen atoms in total. The number of Topliss-reactive ketones (excluding diaryl/α,β-unsaturated/α-hetero) is 1. The number of hydrogen-bond acceptors (Lipinski definition) is 4. The minimum atomic E-state index is -0.648. The Hall–Kier alpha value is -2.47. The number of ketones is 1. The van der Waals surface area contributed by atoms with Crippen molar-refractivity contribution in [1.29, 1.82) is 0 Å². The van der Waals surface area contributed by atoms with Crippen LogP contribution in [0.2, 0.25) is 0 Å². The maximum absolute atomic E-state index is 12.2. The number of benzene rings is 2. The molecule has 0 heterocycles. The number of nitrogens with one attached hydrogen (secondary N) is 1. The summed E-state index contributed by atoms with van der Waals surface area (Å²) in [5.74, 6) is -1.27. The van der Waals surface area contributed by atoms with Crippen LogP contribution in [0, 0.1) is 0 Å². The average molecular weight is 416 g/mol. The Morgan fingerprint density at radius 3 is 2.42 bits per heavy atom. The maximum atomic E-state index is 12.2. The van der Waals surface area contributed by atoms with Gasteiger partial charge in [0.1, 0.15) is 6.54 Å². The maximum Gasteiger partial charge on any atom is 0.325 e. The molecular formula is C20H18BrNO4. The van der Waals surface area contributed by atoms with Gasteiger partial charge in [0, 0.05) is 15.6 Å². The van der Waals surface area contributed by atoms with E-state index in [1.165, 1.54) is 11.1 Å². The van der Waals surface area contributed by atoms with Gasteiger partial charge in [-0.1, -0.05) is 28.1 Å². The lowest BCUT2D eigenvalue weighted by molar-refractivity contribution is -0.141. The molecule has 6 heteroatoms. The number of aryl methyl sites for hydroxylation is 2. The van der Waals surface area contributed by atoms with Crippen LogP contribution in [0.15, 0.2) is 46.9 Å². The molecule has 0 saturated heterocycles. The zero-order valence-corrected chi connectivity index (χ0v) is 15.7. The van der Waals surface area contributed by atoms with E-state index in [-0.39, 0.29) is 24.8 Å². The number of amides is 1. The van der Waals surface area contributed by atoms with Crippen LogP contribution < -0.4 is 5.32 Å². The van der Waals surface area contributed by atoms with Crippen LogP contribution in [0.5, 0.6) is 0 Å². The predicted molar refractivity (Wildman–Crippen MR) is 100 cm³/mol. The molecule has 1 N–H and O–H groups in total. The molecular weight excluding hydrogens is 398 g/mol. The molecule has 0 radical (unpaired) electrons. The fourth-order valence-corrected chi connectivity index (χ4v) is 3.15. The number of carbonyl (C=O) groups excluding carboxylic acids is 3. The third-order valence-corrected chi connectivity index (χ3v) is 4.81. The van der Waals surface area contributed by atoms with Gasteiger partial charge in [-0.3, -0.25) is 14.4 Å². The van der Waals surface area contributed by atoms with Crippen LogP contribution in [0.1, 0.15) is 38.3 Å². The molecule has 26 heavy (non-hydrogen) atoms. The lowest BCUT2D eigenvalue weighted by atomic mass is 10.0. The summed E-state index contributed by atoms with van der Waals surface area (Å²) < 4.78 is 5.83. The molecule has 0 unspecified atom stereocenters. The lowest BCUT2D eigenvalue weighted by Gasteiger charge is -2.07. The van der Waals surface area contributed by atoms with Crippen LogP contribution in [0.3, 0.4) is 0 Å². The van der Waals surface area contributed by atoms with E-state index in [9.17, 15) is 14.4 Å². The summed E-state index contributed by atoms with van der Waals surface area (Å²) in [6, 6.07) is 12.4. The first kappa shape index (κ1) is 18.3. The highest BCUT2D eigenvalue weighted by Crippen LogP contribution is 2.23. The van der Waals surface area contributed by atoms with E-state index in [1.807, 2.05) is 12.1 Å². The summed E-state index contributed by atoms with van der Waals surface area (Å²) in [5, 5.41) is 2.48. The van der Waals surface area contributed by atoms with Crippen molar-refractivity contribution in [3.05, 3.63) is 69.2 Å². The first-order valence-corrected chi connectivity index (χ1v) is 9.16. The van der Waals surface area contributed by atoms with Crippen molar-refractivity contribution < 1.29 is 19.1 Å². The highest BCUT2D eigenvalue weighted by atomic mass is 79.9. The molecule has 134 valence electrons. The fourth-order valence-electron chi connectivity index (χ4n) is 2.88. The van der Waals surface area contributed by atoms with E-state index in [1.54, 1.807) is 30.3 Å². The largest absolute Gasteiger partial charge is 0.456 e. The van der Waals surface area contributed by atoms with E-state index >= 15 is 0 Å². The van der Waals surface area contributed by atoms with Crippen molar-refractivity contribution in [2.45, 2.75) is 19.3 Å². The zero-order chi connectivity index (χ0) is 18.5. The van der Waals surface area contributed by atoms with E-state index in [4.69, 9.17) is 4.74 Å². The van der Waals surface area contributed by atoms with Gasteiger partial charge in [0.05, 0.1) is 0 Å². The van der Waals surface area contributed by atoms with E-state index in [0.717, 1.165) is 23.7 Å². The van der Waals surface area contributed by atoms with Gasteiger partial charge < -0.3 is 10.1 Å². The summed E-state index contributed by atoms with van der Waals surface area (Å²) in [6.07, 6.45) is 3.15. The van der Waals surface area contributed by atoms with Crippen LogP contribution in [0.25, 0.3) is 0 Å². The number of ether oxygens (including phenoxy) is 1. The minimum absolute atomic E-state index is 0.243. The second-order valence-electron chi connectivity index (χ2n) is 6.11. The van der Waals surface area contributed by atoms with Gasteiger partial charge in [-0.2, -0.15) is 0 Å². The summed E-state index contributed by atoms with van der Waals surface area (Å²) >= 11 is 3.29. The van der Waals surface area contributed by atoms with Crippen molar-refractivity contribution in [3.8, 4) is 0 Å². The van der Waals surface area contributed by atoms with Crippen LogP contribution in [-0.4, -0.2) is 30.8 Å². The number of esters is 1. The molecule has 0 aliphatic heterocycles. The van der Waals surface area contributed by atoms with Crippen molar-refractivity contribution >= 4 is 33.6 Å². The van der Waals surface area contributed by atoms with E-state index in [2.05, 4.69) is 21.2 Å². The van der Waals surface area contributed by atoms with Crippen LogP contribution >= 0.6 is 15.9 Å². The van der Waals surface area contributed by atoms with Gasteiger partial charge in [0.2, 0.25) is 0 Å². The predicted octanol–water partition coefficient (Wildman–Crippen LogP) is 3.09. The summed E-state index contributed by atoms with van der Waals surface area (Å²) in [6.45, 7) is -0.613. The number of fused-ring (bicyclic) bond motifs is 1. The first-order valence-electron chi connectivity index (χ1n) is 8.37. The molecule has 1 aliphatic carbocycles. The summed E-state index contributed by atoms with van der Waals surface area (Å²) in [5.41, 5.74) is 3.48. The SMILES string of the molecule is O=C(CNC(=O)c1ccc(Br)cc1)OCC(=O)c1ccc2c(c1)CCC2. The van der Waals surface area contributed by atoms with E-state index in [0.29, 0.717) is 11.1 Å². The third kappa shape index (κ3) is 4.58. The second kappa shape index (κ2) is 8.27. The van der Waals surface area contributed by atoms with Crippen molar-refractivity contribution in [2.75, 3.05) is 13.2 Å². The average Bonchev–Trinajstić information content (AvgIpc) is 3.12.